The van der Waals surface area contributed by atoms with Crippen LogP contribution in [0.5, 0.6) is 0 Å². The Morgan fingerprint density at radius 1 is 0.667 bits per heavy atom. The third-order valence-electron chi connectivity index (χ3n) is 9.15. The van der Waals surface area contributed by atoms with E-state index in [9.17, 15) is 5.11 Å². The molecule has 6 rings (SSSR count). The molecule has 0 radical (unpaired) electrons. The van der Waals surface area contributed by atoms with Crippen molar-refractivity contribution in [1.29, 1.82) is 0 Å². The molecular weight excluding hydrogens is 552 g/mol. The molecule has 0 spiro atoms. The van der Waals surface area contributed by atoms with Crippen LogP contribution in [0.1, 0.15) is 118 Å². The second-order valence-electron chi connectivity index (χ2n) is 12.7. The molecule has 0 saturated heterocycles. The van der Waals surface area contributed by atoms with Gasteiger partial charge in [0.25, 0.3) is 0 Å². The number of aliphatic hydroxyl groups is 1. The van der Waals surface area contributed by atoms with Crippen molar-refractivity contribution in [2.24, 2.45) is 0 Å². The molecule has 0 aliphatic heterocycles. The second kappa shape index (κ2) is 17.1. The van der Waals surface area contributed by atoms with Gasteiger partial charge in [0.2, 0.25) is 0 Å². The Labute approximate surface area is 270 Å². The summed E-state index contributed by atoms with van der Waals surface area (Å²) >= 11 is 0. The minimum absolute atomic E-state index is 0.369. The summed E-state index contributed by atoms with van der Waals surface area (Å²) in [6, 6.07) is 21.1. The van der Waals surface area contributed by atoms with E-state index in [0.29, 0.717) is 0 Å². The predicted octanol–water partition coefficient (Wildman–Crippen LogP) is 10.4. The number of aromatic nitrogens is 2. The molecular formula is C40H52N4O. The smallest absolute Gasteiger partial charge is 0.130 e. The van der Waals surface area contributed by atoms with Crippen molar-refractivity contribution in [3.63, 3.8) is 0 Å². The Balaban J connectivity index is 0.000000178. The van der Waals surface area contributed by atoms with Gasteiger partial charge in [-0.3, -0.25) is 0 Å². The number of pyridine rings is 2. The molecule has 45 heavy (non-hydrogen) atoms. The minimum atomic E-state index is -0.369. The van der Waals surface area contributed by atoms with Gasteiger partial charge in [0.15, 0.2) is 0 Å². The fourth-order valence-electron chi connectivity index (χ4n) is 6.68. The average Bonchev–Trinajstić information content (AvgIpc) is 3.08. The second-order valence-corrected chi connectivity index (χ2v) is 12.7. The summed E-state index contributed by atoms with van der Waals surface area (Å²) < 4.78 is 0. The van der Waals surface area contributed by atoms with Crippen LogP contribution < -0.4 is 10.6 Å². The number of anilines is 4. The van der Waals surface area contributed by atoms with Gasteiger partial charge in [-0.05, 0) is 140 Å². The lowest BCUT2D eigenvalue weighted by Gasteiger charge is -2.23. The summed E-state index contributed by atoms with van der Waals surface area (Å²) in [5.41, 5.74) is 10.8. The molecule has 2 aliphatic carbocycles. The number of nitrogens with zero attached hydrogens (tertiary/aromatic N) is 2. The number of fused-ring (bicyclic) bond motifs is 2. The molecule has 1 unspecified atom stereocenters. The topological polar surface area (TPSA) is 70.1 Å². The zero-order valence-corrected chi connectivity index (χ0v) is 27.5. The lowest BCUT2D eigenvalue weighted by molar-refractivity contribution is 0.164. The highest BCUT2D eigenvalue weighted by Crippen LogP contribution is 2.35. The van der Waals surface area contributed by atoms with Crippen LogP contribution in [0.15, 0.2) is 73.1 Å². The SMILES string of the molecule is CCCCC(O)c1cc2c(c(Nc3ccccn3)c1)CCCC2.CCCCCc1cc2c(c(Nc3ccccn3)c1)CCCC2. The molecule has 2 aromatic carbocycles. The van der Waals surface area contributed by atoms with E-state index >= 15 is 0 Å². The van der Waals surface area contributed by atoms with Crippen molar-refractivity contribution in [3.05, 3.63) is 106 Å². The van der Waals surface area contributed by atoms with Crippen LogP contribution in [-0.4, -0.2) is 15.1 Å². The first kappa shape index (κ1) is 32.7. The summed E-state index contributed by atoms with van der Waals surface area (Å²) in [4.78, 5) is 8.79. The molecule has 3 N–H and O–H groups in total. The van der Waals surface area contributed by atoms with Crippen LogP contribution in [-0.2, 0) is 32.1 Å². The number of unbranched alkanes of at least 4 members (excludes halogenated alkanes) is 3. The highest BCUT2D eigenvalue weighted by molar-refractivity contribution is 5.65. The number of aliphatic hydroxyl groups excluding tert-OH is 1. The van der Waals surface area contributed by atoms with Crippen molar-refractivity contribution >= 4 is 23.0 Å². The lowest BCUT2D eigenvalue weighted by atomic mass is 9.87. The Morgan fingerprint density at radius 2 is 1.24 bits per heavy atom. The molecule has 1 atom stereocenters. The molecule has 0 amide bonds. The molecule has 2 aliphatic rings. The van der Waals surface area contributed by atoms with Gasteiger partial charge in [-0.25, -0.2) is 9.97 Å². The molecule has 5 heteroatoms. The van der Waals surface area contributed by atoms with Crippen LogP contribution in [0, 0.1) is 0 Å². The quantitative estimate of drug-likeness (QED) is 0.140. The minimum Gasteiger partial charge on any atom is -0.388 e. The number of nitrogens with one attached hydrogen (secondary N) is 2. The number of benzene rings is 2. The zero-order valence-electron chi connectivity index (χ0n) is 27.5. The number of hydrogen-bond acceptors (Lipinski definition) is 5. The number of hydrogen-bond donors (Lipinski definition) is 3. The van der Waals surface area contributed by atoms with Crippen LogP contribution in [0.4, 0.5) is 23.0 Å². The maximum Gasteiger partial charge on any atom is 0.130 e. The molecule has 0 bridgehead atoms. The van der Waals surface area contributed by atoms with Crippen molar-refractivity contribution in [3.8, 4) is 0 Å². The molecule has 2 heterocycles. The van der Waals surface area contributed by atoms with Gasteiger partial charge in [-0.2, -0.15) is 0 Å². The fraction of sp³-hybridized carbons (Fsp3) is 0.450. The fourth-order valence-corrected chi connectivity index (χ4v) is 6.68. The summed E-state index contributed by atoms with van der Waals surface area (Å²) in [6.07, 6.45) is 21.1. The number of rotatable bonds is 12. The number of aryl methyl sites for hydroxylation is 3. The van der Waals surface area contributed by atoms with E-state index in [1.165, 1.54) is 92.1 Å². The van der Waals surface area contributed by atoms with Crippen molar-refractivity contribution in [1.82, 2.24) is 9.97 Å². The van der Waals surface area contributed by atoms with Gasteiger partial charge in [-0.1, -0.05) is 63.8 Å². The maximum absolute atomic E-state index is 10.5. The van der Waals surface area contributed by atoms with E-state index in [1.54, 1.807) is 11.8 Å². The average molecular weight is 605 g/mol. The first-order valence-electron chi connectivity index (χ1n) is 17.5. The normalized spacial score (nSPS) is 14.4. The summed E-state index contributed by atoms with van der Waals surface area (Å²) in [5.74, 6) is 1.81. The predicted molar refractivity (Wildman–Crippen MR) is 189 cm³/mol. The first-order chi connectivity index (χ1) is 22.1. The molecule has 2 aromatic heterocycles. The summed E-state index contributed by atoms with van der Waals surface area (Å²) in [7, 11) is 0. The van der Waals surface area contributed by atoms with Gasteiger partial charge in [0.05, 0.1) is 6.10 Å². The van der Waals surface area contributed by atoms with Crippen molar-refractivity contribution in [2.45, 2.75) is 116 Å². The van der Waals surface area contributed by atoms with Gasteiger partial charge in [-0.15, -0.1) is 0 Å². The van der Waals surface area contributed by atoms with Gasteiger partial charge in [0, 0.05) is 23.8 Å². The van der Waals surface area contributed by atoms with E-state index in [0.717, 1.165) is 55.0 Å². The van der Waals surface area contributed by atoms with E-state index in [2.05, 4.69) is 58.7 Å². The van der Waals surface area contributed by atoms with Crippen molar-refractivity contribution < 1.29 is 5.11 Å². The Morgan fingerprint density at radius 3 is 1.82 bits per heavy atom. The van der Waals surface area contributed by atoms with E-state index in [-0.39, 0.29) is 6.10 Å². The monoisotopic (exact) mass is 604 g/mol. The van der Waals surface area contributed by atoms with Crippen LogP contribution in [0.2, 0.25) is 0 Å². The highest BCUT2D eigenvalue weighted by Gasteiger charge is 2.18. The molecule has 4 aromatic rings. The van der Waals surface area contributed by atoms with Crippen molar-refractivity contribution in [2.75, 3.05) is 10.6 Å². The molecule has 0 saturated carbocycles. The van der Waals surface area contributed by atoms with Gasteiger partial charge >= 0.3 is 0 Å². The molecule has 5 nitrogen and oxygen atoms in total. The standard InChI is InChI=1S/C20H26N2O.C20H26N2/c1-2-3-10-19(23)16-13-15-8-4-5-9-17(15)18(14-16)22-20-11-6-7-12-21-20;1-2-3-4-9-16-14-17-10-5-6-11-18(17)19(15-16)22-20-12-7-8-13-21-20/h6-7,11-14,19,23H,2-5,8-10H2,1H3,(H,21,22);7-8,12-15H,2-6,9-11H2,1H3,(H,21,22). The van der Waals surface area contributed by atoms with E-state index in [4.69, 9.17) is 0 Å². The van der Waals surface area contributed by atoms with E-state index in [1.807, 2.05) is 42.6 Å². The molecule has 238 valence electrons. The largest absolute Gasteiger partial charge is 0.388 e. The van der Waals surface area contributed by atoms with Gasteiger partial charge < -0.3 is 15.7 Å². The first-order valence-corrected chi connectivity index (χ1v) is 17.5. The third kappa shape index (κ3) is 9.40. The summed E-state index contributed by atoms with van der Waals surface area (Å²) in [5, 5.41) is 17.5. The van der Waals surface area contributed by atoms with Crippen LogP contribution in [0.3, 0.4) is 0 Å². The highest BCUT2D eigenvalue weighted by atomic mass is 16.3. The van der Waals surface area contributed by atoms with E-state index < -0.39 is 0 Å². The Hall–Kier alpha value is -3.70. The van der Waals surface area contributed by atoms with Gasteiger partial charge in [0.1, 0.15) is 11.6 Å². The lowest BCUT2D eigenvalue weighted by Crippen LogP contribution is -2.09. The zero-order chi connectivity index (χ0) is 31.3. The maximum atomic E-state index is 10.5. The summed E-state index contributed by atoms with van der Waals surface area (Å²) in [6.45, 7) is 4.43. The van der Waals surface area contributed by atoms with Crippen LogP contribution >= 0.6 is 0 Å². The third-order valence-corrected chi connectivity index (χ3v) is 9.15. The molecule has 0 fully saturated rings. The van der Waals surface area contributed by atoms with Crippen LogP contribution in [0.25, 0.3) is 0 Å². The Bertz CT molecular complexity index is 1470. The Kier molecular flexibility index (Phi) is 12.4.